The van der Waals surface area contributed by atoms with Crippen LogP contribution in [0.2, 0.25) is 0 Å². The molecule has 1 fully saturated rings. The van der Waals surface area contributed by atoms with Crippen LogP contribution in [0.15, 0.2) is 18.2 Å². The first-order valence-electron chi connectivity index (χ1n) is 5.88. The van der Waals surface area contributed by atoms with E-state index in [1.807, 2.05) is 6.07 Å². The van der Waals surface area contributed by atoms with E-state index in [4.69, 9.17) is 0 Å². The Morgan fingerprint density at radius 2 is 2.25 bits per heavy atom. The van der Waals surface area contributed by atoms with E-state index < -0.39 is 0 Å². The van der Waals surface area contributed by atoms with Gasteiger partial charge in [-0.1, -0.05) is 6.07 Å². The highest BCUT2D eigenvalue weighted by Crippen LogP contribution is 2.20. The predicted octanol–water partition coefficient (Wildman–Crippen LogP) is 1.87. The Labute approximate surface area is 103 Å². The quantitative estimate of drug-likeness (QED) is 0.769. The van der Waals surface area contributed by atoms with Gasteiger partial charge in [0.25, 0.3) is 0 Å². The number of pyridine rings is 1. The molecule has 0 spiro atoms. The van der Waals surface area contributed by atoms with Crippen LogP contribution in [-0.2, 0) is 0 Å². The van der Waals surface area contributed by atoms with Crippen molar-refractivity contribution in [2.24, 2.45) is 0 Å². The number of hydrogen-bond donors (Lipinski definition) is 2. The lowest BCUT2D eigenvalue weighted by Gasteiger charge is -2.21. The molecule has 1 aliphatic heterocycles. The van der Waals surface area contributed by atoms with Gasteiger partial charge in [-0.2, -0.15) is 12.6 Å². The van der Waals surface area contributed by atoms with Crippen molar-refractivity contribution in [3.63, 3.8) is 0 Å². The first kappa shape index (κ1) is 11.7. The van der Waals surface area contributed by atoms with Crippen LogP contribution >= 0.6 is 12.6 Å². The van der Waals surface area contributed by atoms with Crippen molar-refractivity contribution in [3.05, 3.63) is 23.9 Å². The molecule has 1 aromatic rings. The van der Waals surface area contributed by atoms with Crippen LogP contribution in [0, 0.1) is 0 Å². The van der Waals surface area contributed by atoms with Gasteiger partial charge >= 0.3 is 0 Å². The number of hydrogen-bond acceptors (Lipinski definition) is 4. The Morgan fingerprint density at radius 1 is 1.38 bits per heavy atom. The molecule has 0 aromatic carbocycles. The third-order valence-electron chi connectivity index (χ3n) is 2.85. The highest BCUT2D eigenvalue weighted by molar-refractivity contribution is 7.80. The molecule has 1 saturated heterocycles. The maximum Gasteiger partial charge on any atom is 0.128 e. The van der Waals surface area contributed by atoms with E-state index in [0.29, 0.717) is 0 Å². The van der Waals surface area contributed by atoms with E-state index in [2.05, 4.69) is 46.9 Å². The van der Waals surface area contributed by atoms with Crippen LogP contribution in [0.5, 0.6) is 0 Å². The van der Waals surface area contributed by atoms with Gasteiger partial charge in [0.15, 0.2) is 0 Å². The fourth-order valence-electron chi connectivity index (χ4n) is 1.92. The number of aromatic nitrogens is 1. The van der Waals surface area contributed by atoms with E-state index >= 15 is 0 Å². The Bertz CT molecular complexity index is 333. The highest BCUT2D eigenvalue weighted by atomic mass is 32.1. The second kappa shape index (κ2) is 5.55. The molecule has 1 N–H and O–H groups in total. The van der Waals surface area contributed by atoms with Gasteiger partial charge in [-0.25, -0.2) is 4.98 Å². The van der Waals surface area contributed by atoms with Gasteiger partial charge < -0.3 is 10.2 Å². The minimum absolute atomic E-state index is 0.199. The maximum atomic E-state index is 4.66. The Balaban J connectivity index is 2.15. The lowest BCUT2D eigenvalue weighted by Crippen LogP contribution is -2.28. The monoisotopic (exact) mass is 237 g/mol. The Morgan fingerprint density at radius 3 is 3.06 bits per heavy atom. The zero-order chi connectivity index (χ0) is 11.4. The molecule has 2 heterocycles. The van der Waals surface area contributed by atoms with Crippen molar-refractivity contribution < 1.29 is 0 Å². The van der Waals surface area contributed by atoms with Crippen LogP contribution in [0.25, 0.3) is 0 Å². The van der Waals surface area contributed by atoms with Gasteiger partial charge in [0.1, 0.15) is 5.82 Å². The summed E-state index contributed by atoms with van der Waals surface area (Å²) in [6.07, 6.45) is 1.18. The van der Waals surface area contributed by atoms with Crippen LogP contribution in [0.4, 0.5) is 5.82 Å². The molecule has 0 saturated carbocycles. The predicted molar refractivity (Wildman–Crippen MR) is 71.3 cm³/mol. The molecule has 3 nitrogen and oxygen atoms in total. The second-order valence-electron chi connectivity index (χ2n) is 4.19. The number of thiol groups is 1. The lowest BCUT2D eigenvalue weighted by molar-refractivity contribution is 0.724. The van der Waals surface area contributed by atoms with Gasteiger partial charge in [0, 0.05) is 24.9 Å². The average Bonchev–Trinajstić information content (AvgIpc) is 2.57. The standard InChI is InChI=1S/C12H19N3S/c1-10(16)11-4-2-5-12(14-11)15-8-3-6-13-7-9-15/h2,4-5,10,13,16H,3,6-9H2,1H3. The minimum atomic E-state index is 0.199. The van der Waals surface area contributed by atoms with Crippen LogP contribution in [-0.4, -0.2) is 31.2 Å². The van der Waals surface area contributed by atoms with Gasteiger partial charge in [0.2, 0.25) is 0 Å². The summed E-state index contributed by atoms with van der Waals surface area (Å²) in [4.78, 5) is 7.01. The lowest BCUT2D eigenvalue weighted by atomic mass is 10.2. The highest BCUT2D eigenvalue weighted by Gasteiger charge is 2.11. The van der Waals surface area contributed by atoms with E-state index in [1.54, 1.807) is 0 Å². The summed E-state index contributed by atoms with van der Waals surface area (Å²) in [6.45, 7) is 6.34. The molecule has 0 bridgehead atoms. The van der Waals surface area contributed by atoms with E-state index in [-0.39, 0.29) is 5.25 Å². The molecular formula is C12H19N3S. The summed E-state index contributed by atoms with van der Waals surface area (Å²) in [5.41, 5.74) is 1.05. The molecule has 2 rings (SSSR count). The van der Waals surface area contributed by atoms with Gasteiger partial charge in [0.05, 0.1) is 5.69 Å². The summed E-state index contributed by atoms with van der Waals surface area (Å²) in [6, 6.07) is 6.20. The average molecular weight is 237 g/mol. The number of nitrogens with zero attached hydrogens (tertiary/aromatic N) is 2. The van der Waals surface area contributed by atoms with Gasteiger partial charge in [-0.3, -0.25) is 0 Å². The first-order valence-corrected chi connectivity index (χ1v) is 6.40. The number of rotatable bonds is 2. The van der Waals surface area contributed by atoms with E-state index in [9.17, 15) is 0 Å². The SMILES string of the molecule is CC(S)c1cccc(N2CCCNCC2)n1. The second-order valence-corrected chi connectivity index (χ2v) is 4.96. The number of nitrogens with one attached hydrogen (secondary N) is 1. The summed E-state index contributed by atoms with van der Waals surface area (Å²) in [5.74, 6) is 1.09. The van der Waals surface area contributed by atoms with Crippen LogP contribution in [0.3, 0.4) is 0 Å². The molecule has 88 valence electrons. The summed E-state index contributed by atoms with van der Waals surface area (Å²) < 4.78 is 0. The fraction of sp³-hybridized carbons (Fsp3) is 0.583. The minimum Gasteiger partial charge on any atom is -0.355 e. The summed E-state index contributed by atoms with van der Waals surface area (Å²) in [7, 11) is 0. The zero-order valence-corrected chi connectivity index (χ0v) is 10.6. The molecule has 0 radical (unpaired) electrons. The molecule has 4 heteroatoms. The molecule has 0 amide bonds. The molecule has 0 aliphatic carbocycles. The smallest absolute Gasteiger partial charge is 0.128 e. The third kappa shape index (κ3) is 2.89. The maximum absolute atomic E-state index is 4.66. The van der Waals surface area contributed by atoms with Crippen molar-refractivity contribution in [3.8, 4) is 0 Å². The zero-order valence-electron chi connectivity index (χ0n) is 9.69. The van der Waals surface area contributed by atoms with Gasteiger partial charge in [-0.15, -0.1) is 0 Å². The normalized spacial score (nSPS) is 19.2. The van der Waals surface area contributed by atoms with Crippen molar-refractivity contribution in [1.82, 2.24) is 10.3 Å². The van der Waals surface area contributed by atoms with Crippen LogP contribution in [0.1, 0.15) is 24.3 Å². The molecule has 1 atom stereocenters. The summed E-state index contributed by atoms with van der Waals surface area (Å²) in [5, 5.41) is 3.60. The topological polar surface area (TPSA) is 28.2 Å². The van der Waals surface area contributed by atoms with Crippen molar-refractivity contribution in [2.75, 3.05) is 31.1 Å². The number of anilines is 1. The first-order chi connectivity index (χ1) is 7.77. The molecule has 1 unspecified atom stereocenters. The molecular weight excluding hydrogens is 218 g/mol. The molecule has 1 aliphatic rings. The summed E-state index contributed by atoms with van der Waals surface area (Å²) >= 11 is 4.43. The largest absolute Gasteiger partial charge is 0.355 e. The van der Waals surface area contributed by atoms with Gasteiger partial charge in [-0.05, 0) is 32.0 Å². The Kier molecular flexibility index (Phi) is 4.07. The van der Waals surface area contributed by atoms with Crippen molar-refractivity contribution in [2.45, 2.75) is 18.6 Å². The molecule has 16 heavy (non-hydrogen) atoms. The fourth-order valence-corrected chi connectivity index (χ4v) is 2.07. The van der Waals surface area contributed by atoms with Crippen LogP contribution < -0.4 is 10.2 Å². The van der Waals surface area contributed by atoms with Crippen molar-refractivity contribution >= 4 is 18.4 Å². The Hall–Kier alpha value is -0.740. The third-order valence-corrected chi connectivity index (χ3v) is 3.11. The molecule has 1 aromatic heterocycles. The van der Waals surface area contributed by atoms with E-state index in [0.717, 1.165) is 37.7 Å². The van der Waals surface area contributed by atoms with Crippen molar-refractivity contribution in [1.29, 1.82) is 0 Å². The van der Waals surface area contributed by atoms with E-state index in [1.165, 1.54) is 6.42 Å².